The Hall–Kier alpha value is -5.05. The Labute approximate surface area is 267 Å². The van der Waals surface area contributed by atoms with Gasteiger partial charge in [0.05, 0.1) is 28.0 Å². The summed E-state index contributed by atoms with van der Waals surface area (Å²) in [7, 11) is 1.65. The van der Waals surface area contributed by atoms with Crippen LogP contribution in [0.3, 0.4) is 0 Å². The van der Waals surface area contributed by atoms with Gasteiger partial charge in [-0.25, -0.2) is 19.1 Å². The van der Waals surface area contributed by atoms with Crippen molar-refractivity contribution in [3.8, 4) is 23.0 Å². The average Bonchev–Trinajstić information content (AvgIpc) is 2.98. The molecule has 0 saturated carbocycles. The molecule has 1 saturated heterocycles. The molecular weight excluding hydrogens is 584 g/mol. The number of anilines is 1. The number of carbonyl (C=O) groups excluding carboxylic acids is 1. The van der Waals surface area contributed by atoms with Gasteiger partial charge in [0.2, 0.25) is 0 Å². The summed E-state index contributed by atoms with van der Waals surface area (Å²) in [4.78, 5) is 57.4. The third-order valence-corrected chi connectivity index (χ3v) is 8.08. The number of aryl methyl sites for hydroxylation is 3. The summed E-state index contributed by atoms with van der Waals surface area (Å²) in [6, 6.07) is 7.30. The number of carbonyl (C=O) groups is 1. The van der Waals surface area contributed by atoms with E-state index in [1.807, 2.05) is 59.4 Å². The molecule has 5 heterocycles. The molecule has 4 aromatic rings. The van der Waals surface area contributed by atoms with Crippen molar-refractivity contribution in [2.45, 2.75) is 73.0 Å². The quantitative estimate of drug-likeness (QED) is 0.319. The lowest BCUT2D eigenvalue weighted by Crippen LogP contribution is -2.55. The molecule has 0 spiro atoms. The van der Waals surface area contributed by atoms with E-state index in [2.05, 4.69) is 16.0 Å². The van der Waals surface area contributed by atoms with E-state index in [0.29, 0.717) is 64.7 Å². The largest absolute Gasteiger partial charge is 0.444 e. The highest BCUT2D eigenvalue weighted by molar-refractivity contribution is 5.92. The average molecular weight is 625 g/mol. The highest BCUT2D eigenvalue weighted by Crippen LogP contribution is 2.33. The summed E-state index contributed by atoms with van der Waals surface area (Å²) < 4.78 is 8.54. The Balaban J connectivity index is 1.77. The maximum atomic E-state index is 14.2. The number of fused-ring (bicyclic) bond motifs is 1. The first-order valence-electron chi connectivity index (χ1n) is 15.4. The number of amides is 1. The smallest absolute Gasteiger partial charge is 0.410 e. The van der Waals surface area contributed by atoms with Crippen LogP contribution in [0.4, 0.5) is 10.6 Å². The minimum absolute atomic E-state index is 0.0124. The van der Waals surface area contributed by atoms with E-state index in [1.165, 1.54) is 9.13 Å². The molecule has 0 radical (unpaired) electrons. The normalized spacial score (nSPS) is 15.4. The van der Waals surface area contributed by atoms with Gasteiger partial charge in [-0.05, 0) is 71.2 Å². The van der Waals surface area contributed by atoms with Crippen LogP contribution in [-0.2, 0) is 11.8 Å². The summed E-state index contributed by atoms with van der Waals surface area (Å²) in [6.45, 7) is 16.2. The van der Waals surface area contributed by atoms with E-state index in [-0.39, 0.29) is 23.1 Å². The van der Waals surface area contributed by atoms with Crippen molar-refractivity contribution in [2.75, 3.05) is 24.5 Å². The van der Waals surface area contributed by atoms with E-state index in [4.69, 9.17) is 9.72 Å². The molecule has 0 bridgehead atoms. The molecule has 1 fully saturated rings. The molecule has 5 rings (SSSR count). The van der Waals surface area contributed by atoms with Crippen molar-refractivity contribution in [2.24, 2.45) is 7.05 Å². The highest BCUT2D eigenvalue weighted by Gasteiger charge is 2.33. The number of pyridine rings is 3. The van der Waals surface area contributed by atoms with Crippen molar-refractivity contribution in [3.63, 3.8) is 0 Å². The second kappa shape index (κ2) is 12.0. The third-order valence-electron chi connectivity index (χ3n) is 8.08. The molecule has 46 heavy (non-hydrogen) atoms. The predicted octanol–water partition coefficient (Wildman–Crippen LogP) is 4.60. The molecular formula is C34H40N8O4. The monoisotopic (exact) mass is 624 g/mol. The first-order valence-corrected chi connectivity index (χ1v) is 15.4. The topological polar surface area (TPSA) is 139 Å². The van der Waals surface area contributed by atoms with Crippen LogP contribution in [0.25, 0.3) is 28.0 Å². The lowest BCUT2D eigenvalue weighted by Gasteiger charge is -2.41. The van der Waals surface area contributed by atoms with Gasteiger partial charge >= 0.3 is 11.8 Å². The Kier molecular flexibility index (Phi) is 8.47. The Bertz CT molecular complexity index is 1990. The number of hydrogen-bond donors (Lipinski definition) is 0. The standard InChI is InChI=1S/C34H40N8O4/c1-19(2)26-28(20(3)10-11-36-26)42-30-25(15-23(16-35)27(37-30)24-14-21(4)31(43)39(9)18-24)29(38-32(42)44)41-13-12-40(17-22(41)5)33(45)46-34(6,7)8/h10-11,14-15,18-19,22H,12-13,17H2,1-9H3. The third kappa shape index (κ3) is 5.97. The molecule has 4 aromatic heterocycles. The number of ether oxygens (including phenoxy) is 1. The Morgan fingerprint density at radius 1 is 1.11 bits per heavy atom. The second-order valence-corrected chi connectivity index (χ2v) is 13.2. The first kappa shape index (κ1) is 32.3. The molecule has 1 aliphatic heterocycles. The van der Waals surface area contributed by atoms with Crippen LogP contribution >= 0.6 is 0 Å². The fourth-order valence-electron chi connectivity index (χ4n) is 5.91. The fraction of sp³-hybridized carbons (Fsp3) is 0.441. The van der Waals surface area contributed by atoms with Crippen molar-refractivity contribution in [1.82, 2.24) is 29.0 Å². The summed E-state index contributed by atoms with van der Waals surface area (Å²) in [6.07, 6.45) is 2.96. The number of nitrogens with zero attached hydrogens (tertiary/aromatic N) is 8. The van der Waals surface area contributed by atoms with Crippen molar-refractivity contribution < 1.29 is 9.53 Å². The summed E-state index contributed by atoms with van der Waals surface area (Å²) in [5.74, 6) is 0.369. The van der Waals surface area contributed by atoms with Crippen molar-refractivity contribution in [1.29, 1.82) is 5.26 Å². The predicted molar refractivity (Wildman–Crippen MR) is 176 cm³/mol. The van der Waals surface area contributed by atoms with Crippen LogP contribution < -0.4 is 16.1 Å². The van der Waals surface area contributed by atoms with Gasteiger partial charge in [-0.2, -0.15) is 10.2 Å². The lowest BCUT2D eigenvalue weighted by molar-refractivity contribution is 0.0218. The van der Waals surface area contributed by atoms with Crippen molar-refractivity contribution in [3.05, 3.63) is 73.8 Å². The van der Waals surface area contributed by atoms with Gasteiger partial charge in [-0.1, -0.05) is 13.8 Å². The molecule has 1 aliphatic rings. The van der Waals surface area contributed by atoms with Gasteiger partial charge < -0.3 is 19.1 Å². The van der Waals surface area contributed by atoms with E-state index in [0.717, 1.165) is 5.56 Å². The molecule has 12 heteroatoms. The molecule has 12 nitrogen and oxygen atoms in total. The number of piperazine rings is 1. The van der Waals surface area contributed by atoms with Gasteiger partial charge in [0.15, 0.2) is 5.65 Å². The van der Waals surface area contributed by atoms with Gasteiger partial charge in [-0.15, -0.1) is 0 Å². The van der Waals surface area contributed by atoms with Gasteiger partial charge in [0, 0.05) is 56.2 Å². The molecule has 240 valence electrons. The molecule has 1 unspecified atom stereocenters. The molecule has 0 N–H and O–H groups in total. The van der Waals surface area contributed by atoms with Crippen LogP contribution in [0.15, 0.2) is 40.2 Å². The van der Waals surface area contributed by atoms with Gasteiger partial charge in [0.1, 0.15) is 17.5 Å². The number of aromatic nitrogens is 5. The van der Waals surface area contributed by atoms with Crippen LogP contribution in [0.2, 0.25) is 0 Å². The van der Waals surface area contributed by atoms with Crippen LogP contribution in [0, 0.1) is 25.2 Å². The molecule has 0 aliphatic carbocycles. The lowest BCUT2D eigenvalue weighted by atomic mass is 10.0. The van der Waals surface area contributed by atoms with E-state index in [9.17, 15) is 19.6 Å². The maximum absolute atomic E-state index is 14.2. The molecule has 1 atom stereocenters. The van der Waals surface area contributed by atoms with E-state index < -0.39 is 17.4 Å². The zero-order valence-electron chi connectivity index (χ0n) is 27.9. The fourth-order valence-corrected chi connectivity index (χ4v) is 5.91. The Morgan fingerprint density at radius 3 is 2.43 bits per heavy atom. The zero-order chi connectivity index (χ0) is 33.7. The van der Waals surface area contributed by atoms with Crippen LogP contribution in [-0.4, -0.2) is 66.4 Å². The minimum atomic E-state index is -0.625. The summed E-state index contributed by atoms with van der Waals surface area (Å²) >= 11 is 0. The minimum Gasteiger partial charge on any atom is -0.444 e. The number of nitriles is 1. The van der Waals surface area contributed by atoms with E-state index in [1.54, 1.807) is 43.4 Å². The van der Waals surface area contributed by atoms with Crippen molar-refractivity contribution >= 4 is 22.9 Å². The molecule has 1 amide bonds. The van der Waals surface area contributed by atoms with Gasteiger partial charge in [-0.3, -0.25) is 9.78 Å². The summed E-state index contributed by atoms with van der Waals surface area (Å²) in [5.41, 5.74) is 2.80. The van der Waals surface area contributed by atoms with E-state index >= 15 is 0 Å². The van der Waals surface area contributed by atoms with Crippen LogP contribution in [0.5, 0.6) is 0 Å². The SMILES string of the molecule is Cc1ccnc(C(C)C)c1-n1c(=O)nc(N2CCN(C(=O)OC(C)(C)C)CC2C)c2cc(C#N)c(-c3cc(C)c(=O)n(C)c3)nc21. The van der Waals surface area contributed by atoms with Gasteiger partial charge in [0.25, 0.3) is 5.56 Å². The molecule has 0 aromatic carbocycles. The number of rotatable bonds is 4. The Morgan fingerprint density at radius 2 is 1.83 bits per heavy atom. The van der Waals surface area contributed by atoms with Crippen LogP contribution in [0.1, 0.15) is 69.8 Å². The maximum Gasteiger partial charge on any atom is 0.410 e. The summed E-state index contributed by atoms with van der Waals surface area (Å²) in [5, 5.41) is 10.9. The highest BCUT2D eigenvalue weighted by atomic mass is 16.6. The zero-order valence-corrected chi connectivity index (χ0v) is 27.9. The first-order chi connectivity index (χ1) is 21.6. The number of hydrogen-bond acceptors (Lipinski definition) is 9. The second-order valence-electron chi connectivity index (χ2n) is 13.2.